The quantitative estimate of drug-likeness (QED) is 0.364. The number of amides is 2. The molecule has 0 fully saturated rings. The Kier molecular flexibility index (Phi) is 5.65. The molecule has 1 N–H and O–H groups in total. The summed E-state index contributed by atoms with van der Waals surface area (Å²) < 4.78 is 39.7. The van der Waals surface area contributed by atoms with Crippen molar-refractivity contribution in [2.75, 3.05) is 11.9 Å². The van der Waals surface area contributed by atoms with E-state index in [0.29, 0.717) is 24.5 Å². The van der Waals surface area contributed by atoms with Gasteiger partial charge in [0.15, 0.2) is 0 Å². The molecule has 0 spiro atoms. The molecule has 2 aromatic carbocycles. The van der Waals surface area contributed by atoms with E-state index >= 15 is 0 Å². The van der Waals surface area contributed by atoms with Crippen LogP contribution in [0.5, 0.6) is 0 Å². The summed E-state index contributed by atoms with van der Waals surface area (Å²) in [7, 11) is 0. The average Bonchev–Trinajstić information content (AvgIpc) is 3.38. The van der Waals surface area contributed by atoms with Crippen molar-refractivity contribution in [1.29, 1.82) is 0 Å². The van der Waals surface area contributed by atoms with Gasteiger partial charge >= 0.3 is 6.18 Å². The van der Waals surface area contributed by atoms with Crippen LogP contribution in [0, 0.1) is 0 Å². The lowest BCUT2D eigenvalue weighted by Crippen LogP contribution is -2.33. The molecule has 0 radical (unpaired) electrons. The van der Waals surface area contributed by atoms with E-state index in [0.717, 1.165) is 43.4 Å². The summed E-state index contributed by atoms with van der Waals surface area (Å²) in [5, 5.41) is 4.24. The first-order valence-electron chi connectivity index (χ1n) is 10.5. The fourth-order valence-electron chi connectivity index (χ4n) is 3.95. The van der Waals surface area contributed by atoms with Crippen LogP contribution in [0.4, 0.5) is 18.2 Å². The number of alkyl halides is 3. The Bertz CT molecular complexity index is 1370. The summed E-state index contributed by atoms with van der Waals surface area (Å²) in [5.74, 6) is -0.519. The Balaban J connectivity index is 1.53. The number of halogens is 3. The second kappa shape index (κ2) is 8.52. The third-order valence-corrected chi connectivity index (χ3v) is 7.90. The number of fused-ring (bicyclic) bond motifs is 2. The minimum atomic E-state index is -4.47. The predicted octanol–water partition coefficient (Wildman–Crippen LogP) is 6.20. The van der Waals surface area contributed by atoms with Crippen LogP contribution in [0.1, 0.15) is 33.3 Å². The molecule has 34 heavy (non-hydrogen) atoms. The number of para-hydroxylation sites is 1. The van der Waals surface area contributed by atoms with Crippen molar-refractivity contribution < 1.29 is 22.8 Å². The SMILES string of the molecule is CC(=O)N1CCc2c(sc(NC(=O)c3ccc(C(F)(F)F)cc3)c2-c2nc3ccccc3s2)C1. The van der Waals surface area contributed by atoms with E-state index in [1.54, 1.807) is 4.90 Å². The second-order valence-corrected chi connectivity index (χ2v) is 10.1. The number of hydrogen-bond acceptors (Lipinski definition) is 5. The highest BCUT2D eigenvalue weighted by Gasteiger charge is 2.31. The maximum Gasteiger partial charge on any atom is 0.416 e. The summed E-state index contributed by atoms with van der Waals surface area (Å²) in [4.78, 5) is 32.4. The van der Waals surface area contributed by atoms with Gasteiger partial charge in [-0.25, -0.2) is 4.98 Å². The third-order valence-electron chi connectivity index (χ3n) is 5.71. The van der Waals surface area contributed by atoms with Gasteiger partial charge in [0.2, 0.25) is 5.91 Å². The molecule has 5 rings (SSSR count). The molecule has 174 valence electrons. The zero-order valence-electron chi connectivity index (χ0n) is 17.9. The smallest absolute Gasteiger partial charge is 0.337 e. The van der Waals surface area contributed by atoms with Crippen molar-refractivity contribution in [2.24, 2.45) is 0 Å². The molecule has 0 aliphatic carbocycles. The van der Waals surface area contributed by atoms with E-state index in [1.807, 2.05) is 24.3 Å². The van der Waals surface area contributed by atoms with E-state index in [4.69, 9.17) is 4.98 Å². The molecule has 0 saturated carbocycles. The standard InChI is InChI=1S/C24H18F3N3O2S2/c1-13(31)30-11-10-16-19(12-30)34-23(20(16)22-28-17-4-2-3-5-18(17)33-22)29-21(32)14-6-8-15(9-7-14)24(25,26)27/h2-9H,10-12H2,1H3,(H,29,32). The molecule has 1 aliphatic rings. The second-order valence-electron chi connectivity index (χ2n) is 7.91. The minimum absolute atomic E-state index is 0.0177. The van der Waals surface area contributed by atoms with Crippen LogP contribution in [0.15, 0.2) is 48.5 Å². The van der Waals surface area contributed by atoms with Crippen LogP contribution >= 0.6 is 22.7 Å². The van der Waals surface area contributed by atoms with Gasteiger partial charge in [0, 0.05) is 29.5 Å². The van der Waals surface area contributed by atoms with Gasteiger partial charge in [0.05, 0.1) is 22.3 Å². The molecular weight excluding hydrogens is 483 g/mol. The van der Waals surface area contributed by atoms with Crippen LogP contribution in [0.2, 0.25) is 0 Å². The first-order valence-corrected chi connectivity index (χ1v) is 12.1. The van der Waals surface area contributed by atoms with Crippen molar-refractivity contribution in [3.63, 3.8) is 0 Å². The number of thiophene rings is 1. The minimum Gasteiger partial charge on any atom is -0.337 e. The highest BCUT2D eigenvalue weighted by molar-refractivity contribution is 7.23. The first-order chi connectivity index (χ1) is 16.2. The van der Waals surface area contributed by atoms with Gasteiger partial charge in [-0.2, -0.15) is 13.2 Å². The van der Waals surface area contributed by atoms with Crippen molar-refractivity contribution in [1.82, 2.24) is 9.88 Å². The summed E-state index contributed by atoms with van der Waals surface area (Å²) in [6, 6.07) is 11.9. The van der Waals surface area contributed by atoms with E-state index in [9.17, 15) is 22.8 Å². The molecule has 3 heterocycles. The molecule has 0 atom stereocenters. The summed E-state index contributed by atoms with van der Waals surface area (Å²) in [6.45, 7) is 2.55. The summed E-state index contributed by atoms with van der Waals surface area (Å²) in [6.07, 6.45) is -3.84. The molecule has 0 saturated heterocycles. The van der Waals surface area contributed by atoms with Crippen molar-refractivity contribution in [3.8, 4) is 10.6 Å². The van der Waals surface area contributed by atoms with E-state index in [1.165, 1.54) is 41.7 Å². The molecule has 2 aromatic heterocycles. The number of anilines is 1. The van der Waals surface area contributed by atoms with Gasteiger partial charge < -0.3 is 10.2 Å². The Morgan fingerprint density at radius 1 is 1.06 bits per heavy atom. The van der Waals surface area contributed by atoms with Gasteiger partial charge in [0.1, 0.15) is 10.0 Å². The van der Waals surface area contributed by atoms with Gasteiger partial charge in [0.25, 0.3) is 5.91 Å². The molecule has 0 unspecified atom stereocenters. The van der Waals surface area contributed by atoms with Gasteiger partial charge in [-0.3, -0.25) is 9.59 Å². The highest BCUT2D eigenvalue weighted by atomic mass is 32.1. The average molecular weight is 502 g/mol. The number of thiazole rings is 1. The lowest BCUT2D eigenvalue weighted by Gasteiger charge is -2.26. The van der Waals surface area contributed by atoms with E-state index in [-0.39, 0.29) is 11.5 Å². The van der Waals surface area contributed by atoms with Gasteiger partial charge in [-0.1, -0.05) is 12.1 Å². The zero-order valence-corrected chi connectivity index (χ0v) is 19.5. The molecule has 10 heteroatoms. The Labute approximate surface area is 200 Å². The van der Waals surface area contributed by atoms with Gasteiger partial charge in [-0.05, 0) is 48.4 Å². The topological polar surface area (TPSA) is 62.3 Å². The number of nitrogens with one attached hydrogen (secondary N) is 1. The lowest BCUT2D eigenvalue weighted by atomic mass is 10.0. The van der Waals surface area contributed by atoms with Crippen molar-refractivity contribution in [3.05, 3.63) is 70.1 Å². The number of aromatic nitrogens is 1. The lowest BCUT2D eigenvalue weighted by molar-refractivity contribution is -0.137. The molecule has 2 amide bonds. The normalized spacial score (nSPS) is 13.7. The number of hydrogen-bond donors (Lipinski definition) is 1. The number of carbonyl (C=O) groups is 2. The fraction of sp³-hybridized carbons (Fsp3) is 0.208. The molecule has 4 aromatic rings. The van der Waals surface area contributed by atoms with Crippen LogP contribution < -0.4 is 5.32 Å². The Hall–Kier alpha value is -3.24. The number of nitrogens with zero attached hydrogens (tertiary/aromatic N) is 2. The van der Waals surface area contributed by atoms with E-state index in [2.05, 4.69) is 5.32 Å². The maximum atomic E-state index is 12.9. The van der Waals surface area contributed by atoms with Gasteiger partial charge in [-0.15, -0.1) is 22.7 Å². The maximum absolute atomic E-state index is 12.9. The molecular formula is C24H18F3N3O2S2. The van der Waals surface area contributed by atoms with Crippen molar-refractivity contribution in [2.45, 2.75) is 26.1 Å². The number of benzene rings is 2. The highest BCUT2D eigenvalue weighted by Crippen LogP contribution is 2.45. The predicted molar refractivity (Wildman–Crippen MR) is 127 cm³/mol. The van der Waals surface area contributed by atoms with Crippen LogP contribution in [-0.4, -0.2) is 28.2 Å². The largest absolute Gasteiger partial charge is 0.416 e. The van der Waals surface area contributed by atoms with Crippen molar-refractivity contribution >= 4 is 49.7 Å². The Morgan fingerprint density at radius 2 is 1.79 bits per heavy atom. The summed E-state index contributed by atoms with van der Waals surface area (Å²) in [5.41, 5.74) is 2.03. The van der Waals surface area contributed by atoms with E-state index < -0.39 is 17.6 Å². The van der Waals surface area contributed by atoms with Crippen LogP contribution in [0.3, 0.4) is 0 Å². The van der Waals surface area contributed by atoms with Crippen LogP contribution in [-0.2, 0) is 23.9 Å². The molecule has 1 aliphatic heterocycles. The number of carbonyl (C=O) groups excluding carboxylic acids is 2. The monoisotopic (exact) mass is 501 g/mol. The summed E-state index contributed by atoms with van der Waals surface area (Å²) >= 11 is 2.89. The van der Waals surface area contributed by atoms with Crippen LogP contribution in [0.25, 0.3) is 20.8 Å². The third kappa shape index (κ3) is 4.19. The molecule has 0 bridgehead atoms. The fourth-order valence-corrected chi connectivity index (χ4v) is 6.32. The molecule has 5 nitrogen and oxygen atoms in total. The zero-order chi connectivity index (χ0) is 24.0. The Morgan fingerprint density at radius 3 is 2.47 bits per heavy atom. The number of rotatable bonds is 3. The first kappa shape index (κ1) is 22.5.